The number of piperidine rings is 1. The van der Waals surface area contributed by atoms with Crippen LogP contribution in [0.2, 0.25) is 0 Å². The first-order valence-electron chi connectivity index (χ1n) is 9.22. The van der Waals surface area contributed by atoms with E-state index in [-0.39, 0.29) is 18.0 Å². The summed E-state index contributed by atoms with van der Waals surface area (Å²) in [7, 11) is 4.26. The van der Waals surface area contributed by atoms with E-state index in [9.17, 15) is 4.79 Å². The van der Waals surface area contributed by atoms with Gasteiger partial charge in [0.2, 0.25) is 5.91 Å². The van der Waals surface area contributed by atoms with Gasteiger partial charge in [-0.25, -0.2) is 0 Å². The predicted molar refractivity (Wildman–Crippen MR) is 100 cm³/mol. The zero-order valence-corrected chi connectivity index (χ0v) is 15.7. The van der Waals surface area contributed by atoms with Crippen molar-refractivity contribution in [2.45, 2.75) is 57.7 Å². The number of hydrogen-bond donors (Lipinski definition) is 1. The Bertz CT molecular complexity index is 497. The fraction of sp³-hybridized carbons (Fsp3) is 0.650. The molecule has 0 radical (unpaired) electrons. The van der Waals surface area contributed by atoms with E-state index >= 15 is 0 Å². The fourth-order valence-electron chi connectivity index (χ4n) is 3.37. The molecule has 1 heterocycles. The van der Waals surface area contributed by atoms with Crippen LogP contribution in [0.1, 0.15) is 38.7 Å². The van der Waals surface area contributed by atoms with Gasteiger partial charge in [-0.05, 0) is 72.3 Å². The van der Waals surface area contributed by atoms with E-state index < -0.39 is 0 Å². The molecule has 1 amide bonds. The highest BCUT2D eigenvalue weighted by atomic mass is 16.2. The minimum absolute atomic E-state index is 0.0717. The molecule has 1 aliphatic heterocycles. The van der Waals surface area contributed by atoms with Crippen LogP contribution in [0, 0.1) is 0 Å². The zero-order chi connectivity index (χ0) is 17.5. The maximum atomic E-state index is 12.6. The first kappa shape index (κ1) is 18.9. The third-order valence-corrected chi connectivity index (χ3v) is 5.35. The van der Waals surface area contributed by atoms with Crippen LogP contribution in [0.3, 0.4) is 0 Å². The molecule has 4 heteroatoms. The van der Waals surface area contributed by atoms with E-state index in [0.29, 0.717) is 6.04 Å². The molecule has 1 saturated heterocycles. The molecule has 4 nitrogen and oxygen atoms in total. The van der Waals surface area contributed by atoms with Gasteiger partial charge in [0.1, 0.15) is 0 Å². The number of benzene rings is 1. The number of likely N-dealkylation sites (tertiary alicyclic amines) is 1. The Morgan fingerprint density at radius 1 is 1.25 bits per heavy atom. The second-order valence-electron chi connectivity index (χ2n) is 7.31. The Balaban J connectivity index is 1.75. The standard InChI is InChI=1S/C20H33N3O/c1-16(10-11-18-8-6-5-7-9-18)21-20(24)17(2)23(4)19-12-14-22(3)15-13-19/h5-9,16-17,19H,10-15H2,1-4H3,(H,21,24)/t16-,17-/m0/s1. The first-order chi connectivity index (χ1) is 11.5. The summed E-state index contributed by atoms with van der Waals surface area (Å²) in [4.78, 5) is 17.2. The van der Waals surface area contributed by atoms with Gasteiger partial charge < -0.3 is 10.2 Å². The van der Waals surface area contributed by atoms with Gasteiger partial charge in [0.05, 0.1) is 6.04 Å². The molecule has 24 heavy (non-hydrogen) atoms. The van der Waals surface area contributed by atoms with Crippen LogP contribution in [0.5, 0.6) is 0 Å². The molecule has 0 aliphatic carbocycles. The fourth-order valence-corrected chi connectivity index (χ4v) is 3.37. The molecule has 0 saturated carbocycles. The summed E-state index contributed by atoms with van der Waals surface area (Å²) in [5.74, 6) is 0.150. The van der Waals surface area contributed by atoms with E-state index in [1.807, 2.05) is 13.0 Å². The second kappa shape index (κ2) is 9.19. The van der Waals surface area contributed by atoms with Gasteiger partial charge in [-0.3, -0.25) is 9.69 Å². The molecule has 0 aromatic heterocycles. The van der Waals surface area contributed by atoms with Crippen molar-refractivity contribution in [2.75, 3.05) is 27.2 Å². The van der Waals surface area contributed by atoms with Crippen molar-refractivity contribution >= 4 is 5.91 Å². The summed E-state index contributed by atoms with van der Waals surface area (Å²) in [6.45, 7) is 6.37. The van der Waals surface area contributed by atoms with Crippen molar-refractivity contribution in [2.24, 2.45) is 0 Å². The number of hydrogen-bond acceptors (Lipinski definition) is 3. The average Bonchev–Trinajstić information content (AvgIpc) is 2.60. The zero-order valence-electron chi connectivity index (χ0n) is 15.7. The molecular weight excluding hydrogens is 298 g/mol. The summed E-state index contributed by atoms with van der Waals surface area (Å²) < 4.78 is 0. The number of carbonyl (C=O) groups excluding carboxylic acids is 1. The molecule has 1 aromatic rings. The summed E-state index contributed by atoms with van der Waals surface area (Å²) in [5, 5.41) is 3.19. The Kier molecular flexibility index (Phi) is 7.25. The van der Waals surface area contributed by atoms with Gasteiger partial charge >= 0.3 is 0 Å². The molecule has 1 fully saturated rings. The quantitative estimate of drug-likeness (QED) is 0.834. The lowest BCUT2D eigenvalue weighted by atomic mass is 10.0. The highest BCUT2D eigenvalue weighted by Gasteiger charge is 2.27. The molecule has 1 aliphatic rings. The number of likely N-dealkylation sites (N-methyl/N-ethyl adjacent to an activating group) is 1. The Morgan fingerprint density at radius 3 is 2.50 bits per heavy atom. The molecule has 134 valence electrons. The number of aryl methyl sites for hydroxylation is 1. The van der Waals surface area contributed by atoms with Crippen LogP contribution < -0.4 is 5.32 Å². The molecule has 1 aromatic carbocycles. The van der Waals surface area contributed by atoms with Gasteiger partial charge in [-0.15, -0.1) is 0 Å². The number of carbonyl (C=O) groups is 1. The van der Waals surface area contributed by atoms with E-state index in [1.54, 1.807) is 0 Å². The Hall–Kier alpha value is -1.39. The molecule has 0 unspecified atom stereocenters. The van der Waals surface area contributed by atoms with Crippen molar-refractivity contribution in [3.05, 3.63) is 35.9 Å². The monoisotopic (exact) mass is 331 g/mol. The second-order valence-corrected chi connectivity index (χ2v) is 7.31. The summed E-state index contributed by atoms with van der Waals surface area (Å²) in [6.07, 6.45) is 4.27. The van der Waals surface area contributed by atoms with Crippen molar-refractivity contribution in [1.29, 1.82) is 0 Å². The average molecular weight is 332 g/mol. The van der Waals surface area contributed by atoms with E-state index in [4.69, 9.17) is 0 Å². The molecule has 0 bridgehead atoms. The summed E-state index contributed by atoms with van der Waals surface area (Å²) in [6, 6.07) is 11.1. The van der Waals surface area contributed by atoms with Crippen LogP contribution in [0.25, 0.3) is 0 Å². The highest BCUT2D eigenvalue weighted by molar-refractivity contribution is 5.81. The lowest BCUT2D eigenvalue weighted by molar-refractivity contribution is -0.127. The summed E-state index contributed by atoms with van der Waals surface area (Å²) in [5.41, 5.74) is 1.33. The number of rotatable bonds is 7. The molecule has 2 atom stereocenters. The molecule has 1 N–H and O–H groups in total. The van der Waals surface area contributed by atoms with Gasteiger partial charge in [0, 0.05) is 12.1 Å². The van der Waals surface area contributed by atoms with Crippen LogP contribution in [0.15, 0.2) is 30.3 Å². The van der Waals surface area contributed by atoms with Gasteiger partial charge in [0.25, 0.3) is 0 Å². The third-order valence-electron chi connectivity index (χ3n) is 5.35. The van der Waals surface area contributed by atoms with Gasteiger partial charge in [-0.2, -0.15) is 0 Å². The number of nitrogens with zero attached hydrogens (tertiary/aromatic N) is 2. The van der Waals surface area contributed by atoms with E-state index in [0.717, 1.165) is 38.8 Å². The topological polar surface area (TPSA) is 35.6 Å². The maximum Gasteiger partial charge on any atom is 0.237 e. The lowest BCUT2D eigenvalue weighted by Crippen LogP contribution is -2.52. The van der Waals surface area contributed by atoms with Crippen LogP contribution in [0.4, 0.5) is 0 Å². The van der Waals surface area contributed by atoms with Crippen LogP contribution in [-0.4, -0.2) is 61.0 Å². The summed E-state index contributed by atoms with van der Waals surface area (Å²) >= 11 is 0. The number of amides is 1. The normalized spacial score (nSPS) is 19.2. The SMILES string of the molecule is C[C@@H](CCc1ccccc1)NC(=O)[C@H](C)N(C)C1CCN(C)CC1. The van der Waals surface area contributed by atoms with Crippen LogP contribution in [-0.2, 0) is 11.2 Å². The van der Waals surface area contributed by atoms with E-state index in [2.05, 4.69) is 60.4 Å². The molecular formula is C20H33N3O. The van der Waals surface area contributed by atoms with Gasteiger partial charge in [-0.1, -0.05) is 30.3 Å². The maximum absolute atomic E-state index is 12.6. The van der Waals surface area contributed by atoms with Gasteiger partial charge in [0.15, 0.2) is 0 Å². The van der Waals surface area contributed by atoms with Crippen LogP contribution >= 0.6 is 0 Å². The van der Waals surface area contributed by atoms with E-state index in [1.165, 1.54) is 5.56 Å². The predicted octanol–water partition coefficient (Wildman–Crippen LogP) is 2.54. The number of nitrogens with one attached hydrogen (secondary N) is 1. The smallest absolute Gasteiger partial charge is 0.237 e. The van der Waals surface area contributed by atoms with Crippen molar-refractivity contribution < 1.29 is 4.79 Å². The largest absolute Gasteiger partial charge is 0.352 e. The Morgan fingerprint density at radius 2 is 1.88 bits per heavy atom. The van der Waals surface area contributed by atoms with Crippen molar-refractivity contribution in [1.82, 2.24) is 15.1 Å². The lowest BCUT2D eigenvalue weighted by Gasteiger charge is -2.38. The Labute approximate surface area is 147 Å². The third kappa shape index (κ3) is 5.60. The van der Waals surface area contributed by atoms with Crippen molar-refractivity contribution in [3.8, 4) is 0 Å². The first-order valence-corrected chi connectivity index (χ1v) is 9.22. The molecule has 0 spiro atoms. The minimum atomic E-state index is -0.0717. The highest BCUT2D eigenvalue weighted by Crippen LogP contribution is 2.16. The minimum Gasteiger partial charge on any atom is -0.352 e. The van der Waals surface area contributed by atoms with Crippen molar-refractivity contribution in [3.63, 3.8) is 0 Å². The molecule has 2 rings (SSSR count).